The maximum Gasteiger partial charge on any atom is 0.310 e. The van der Waals surface area contributed by atoms with Gasteiger partial charge in [0.2, 0.25) is 5.78 Å². The summed E-state index contributed by atoms with van der Waals surface area (Å²) in [5.74, 6) is -1.58. The molecule has 0 atom stereocenters. The van der Waals surface area contributed by atoms with Crippen LogP contribution in [-0.2, 0) is 22.5 Å². The molecule has 0 radical (unpaired) electrons. The van der Waals surface area contributed by atoms with Crippen LogP contribution in [0.15, 0.2) is 54.6 Å². The summed E-state index contributed by atoms with van der Waals surface area (Å²) in [6.45, 7) is 4.04. The first kappa shape index (κ1) is 20.8. The normalized spacial score (nSPS) is 10.8. The Labute approximate surface area is 173 Å². The third kappa shape index (κ3) is 4.93. The first-order valence-electron chi connectivity index (χ1n) is 9.19. The van der Waals surface area contributed by atoms with Crippen LogP contribution in [0.5, 0.6) is 0 Å². The standard InChI is InChI=1S/C23H21ClFNO3/c1-15-11-18(16(2)26(15)13-17-7-4-3-5-8-17)22(27)14-29-23(28)12-19-20(24)9-6-10-21(19)25/h3-11H,12-14H2,1-2H3. The van der Waals surface area contributed by atoms with Crippen LogP contribution in [0.25, 0.3) is 0 Å². The minimum absolute atomic E-state index is 0.0626. The van der Waals surface area contributed by atoms with Crippen molar-refractivity contribution in [3.8, 4) is 0 Å². The summed E-state index contributed by atoms with van der Waals surface area (Å²) in [5.41, 5.74) is 3.45. The van der Waals surface area contributed by atoms with Crippen molar-refractivity contribution >= 4 is 23.4 Å². The van der Waals surface area contributed by atoms with Crippen molar-refractivity contribution < 1.29 is 18.7 Å². The molecule has 29 heavy (non-hydrogen) atoms. The molecule has 2 aromatic carbocycles. The van der Waals surface area contributed by atoms with Gasteiger partial charge in [0.1, 0.15) is 5.82 Å². The largest absolute Gasteiger partial charge is 0.457 e. The fraction of sp³-hybridized carbons (Fsp3) is 0.217. The molecule has 0 aliphatic carbocycles. The molecule has 3 aromatic rings. The fourth-order valence-corrected chi connectivity index (χ4v) is 3.44. The molecule has 0 aliphatic rings. The fourth-order valence-electron chi connectivity index (χ4n) is 3.21. The Kier molecular flexibility index (Phi) is 6.49. The van der Waals surface area contributed by atoms with E-state index in [0.717, 1.165) is 17.0 Å². The molecule has 150 valence electrons. The van der Waals surface area contributed by atoms with E-state index in [1.165, 1.54) is 18.2 Å². The quantitative estimate of drug-likeness (QED) is 0.408. The van der Waals surface area contributed by atoms with E-state index in [9.17, 15) is 14.0 Å². The van der Waals surface area contributed by atoms with Crippen LogP contribution in [0, 0.1) is 19.7 Å². The second-order valence-electron chi connectivity index (χ2n) is 6.82. The van der Waals surface area contributed by atoms with Gasteiger partial charge in [-0.2, -0.15) is 0 Å². The van der Waals surface area contributed by atoms with Gasteiger partial charge >= 0.3 is 5.97 Å². The van der Waals surface area contributed by atoms with Crippen LogP contribution in [0.1, 0.15) is 32.9 Å². The number of nitrogens with zero attached hydrogens (tertiary/aromatic N) is 1. The minimum Gasteiger partial charge on any atom is -0.457 e. The Hall–Kier alpha value is -2.92. The summed E-state index contributed by atoms with van der Waals surface area (Å²) < 4.78 is 20.9. The monoisotopic (exact) mass is 413 g/mol. The Morgan fingerprint density at radius 1 is 1.07 bits per heavy atom. The van der Waals surface area contributed by atoms with Crippen molar-refractivity contribution in [1.82, 2.24) is 4.57 Å². The van der Waals surface area contributed by atoms with Gasteiger partial charge in [0.15, 0.2) is 6.61 Å². The molecule has 1 aromatic heterocycles. The third-order valence-corrected chi connectivity index (χ3v) is 5.16. The van der Waals surface area contributed by atoms with E-state index < -0.39 is 18.4 Å². The summed E-state index contributed by atoms with van der Waals surface area (Å²) in [5, 5.41) is 0.151. The van der Waals surface area contributed by atoms with Gasteiger partial charge in [0.05, 0.1) is 6.42 Å². The van der Waals surface area contributed by atoms with Gasteiger partial charge in [-0.05, 0) is 37.6 Å². The van der Waals surface area contributed by atoms with Crippen molar-refractivity contribution in [3.05, 3.63) is 93.5 Å². The lowest BCUT2D eigenvalue weighted by atomic mass is 10.1. The zero-order valence-corrected chi connectivity index (χ0v) is 17.0. The molecule has 0 unspecified atom stereocenters. The van der Waals surface area contributed by atoms with E-state index in [2.05, 4.69) is 0 Å². The van der Waals surface area contributed by atoms with E-state index in [-0.39, 0.29) is 22.8 Å². The number of benzene rings is 2. The Morgan fingerprint density at radius 3 is 2.48 bits per heavy atom. The predicted molar refractivity (Wildman–Crippen MR) is 110 cm³/mol. The number of Topliss-reactive ketones (excluding diaryl/α,β-unsaturated/α-hetero) is 1. The molecular weight excluding hydrogens is 393 g/mol. The summed E-state index contributed by atoms with van der Waals surface area (Å²) in [6.07, 6.45) is -0.328. The summed E-state index contributed by atoms with van der Waals surface area (Å²) in [6, 6.07) is 15.9. The van der Waals surface area contributed by atoms with Crippen molar-refractivity contribution in [2.75, 3.05) is 6.61 Å². The van der Waals surface area contributed by atoms with Gasteiger partial charge in [0, 0.05) is 34.1 Å². The number of carbonyl (C=O) groups excluding carboxylic acids is 2. The van der Waals surface area contributed by atoms with Crippen molar-refractivity contribution in [2.45, 2.75) is 26.8 Å². The van der Waals surface area contributed by atoms with Gasteiger partial charge in [0.25, 0.3) is 0 Å². The molecule has 0 spiro atoms. The topological polar surface area (TPSA) is 48.3 Å². The number of esters is 1. The average molecular weight is 414 g/mol. The van der Waals surface area contributed by atoms with E-state index in [1.807, 2.05) is 48.7 Å². The summed E-state index contributed by atoms with van der Waals surface area (Å²) in [4.78, 5) is 24.6. The number of ether oxygens (including phenoxy) is 1. The molecule has 1 heterocycles. The molecule has 0 bridgehead atoms. The van der Waals surface area contributed by atoms with E-state index >= 15 is 0 Å². The first-order valence-corrected chi connectivity index (χ1v) is 9.57. The SMILES string of the molecule is Cc1cc(C(=O)COC(=O)Cc2c(F)cccc2Cl)c(C)n1Cc1ccccc1. The highest BCUT2D eigenvalue weighted by atomic mass is 35.5. The highest BCUT2D eigenvalue weighted by molar-refractivity contribution is 6.31. The molecular formula is C23H21ClFNO3. The van der Waals surface area contributed by atoms with Crippen LogP contribution < -0.4 is 0 Å². The van der Waals surface area contributed by atoms with Gasteiger partial charge in [-0.15, -0.1) is 0 Å². The predicted octanol–water partition coefficient (Wildman–Crippen LogP) is 4.91. The highest BCUT2D eigenvalue weighted by Gasteiger charge is 2.19. The van der Waals surface area contributed by atoms with Gasteiger partial charge < -0.3 is 9.30 Å². The zero-order valence-electron chi connectivity index (χ0n) is 16.2. The van der Waals surface area contributed by atoms with Crippen LogP contribution in [0.4, 0.5) is 4.39 Å². The van der Waals surface area contributed by atoms with Gasteiger partial charge in [-0.25, -0.2) is 4.39 Å². The number of carbonyl (C=O) groups is 2. The van der Waals surface area contributed by atoms with Crippen LogP contribution >= 0.6 is 11.6 Å². The van der Waals surface area contributed by atoms with Gasteiger partial charge in [-0.1, -0.05) is 48.0 Å². The van der Waals surface area contributed by atoms with Crippen LogP contribution in [-0.4, -0.2) is 22.9 Å². The second kappa shape index (κ2) is 9.05. The number of halogens is 2. The summed E-state index contributed by atoms with van der Waals surface area (Å²) >= 11 is 5.92. The number of hydrogen-bond acceptors (Lipinski definition) is 3. The maximum atomic E-state index is 13.8. The first-order chi connectivity index (χ1) is 13.9. The van der Waals surface area contributed by atoms with E-state index in [0.29, 0.717) is 12.1 Å². The number of aryl methyl sites for hydroxylation is 1. The molecule has 0 saturated carbocycles. The molecule has 6 heteroatoms. The van der Waals surface area contributed by atoms with Gasteiger partial charge in [-0.3, -0.25) is 9.59 Å². The van der Waals surface area contributed by atoms with Crippen molar-refractivity contribution in [1.29, 1.82) is 0 Å². The Balaban J connectivity index is 1.65. The molecule has 0 fully saturated rings. The molecule has 0 amide bonds. The number of ketones is 1. The molecule has 0 aliphatic heterocycles. The Bertz CT molecular complexity index is 1020. The molecule has 3 rings (SSSR count). The lowest BCUT2D eigenvalue weighted by molar-refractivity contribution is -0.141. The smallest absolute Gasteiger partial charge is 0.310 e. The average Bonchev–Trinajstić information content (AvgIpc) is 2.98. The maximum absolute atomic E-state index is 13.8. The molecule has 0 N–H and O–H groups in total. The van der Waals surface area contributed by atoms with Crippen molar-refractivity contribution in [2.24, 2.45) is 0 Å². The Morgan fingerprint density at radius 2 is 1.79 bits per heavy atom. The van der Waals surface area contributed by atoms with Crippen molar-refractivity contribution in [3.63, 3.8) is 0 Å². The van der Waals surface area contributed by atoms with E-state index in [4.69, 9.17) is 16.3 Å². The third-order valence-electron chi connectivity index (χ3n) is 4.80. The summed E-state index contributed by atoms with van der Waals surface area (Å²) in [7, 11) is 0. The number of hydrogen-bond donors (Lipinski definition) is 0. The molecule has 4 nitrogen and oxygen atoms in total. The van der Waals surface area contributed by atoms with Crippen LogP contribution in [0.2, 0.25) is 5.02 Å². The van der Waals surface area contributed by atoms with E-state index in [1.54, 1.807) is 6.07 Å². The molecule has 0 saturated heterocycles. The highest BCUT2D eigenvalue weighted by Crippen LogP contribution is 2.20. The lowest BCUT2D eigenvalue weighted by Crippen LogP contribution is -2.17. The second-order valence-corrected chi connectivity index (χ2v) is 7.22. The van der Waals surface area contributed by atoms with Crippen LogP contribution in [0.3, 0.4) is 0 Å². The zero-order chi connectivity index (χ0) is 21.0. The number of rotatable bonds is 7. The number of aromatic nitrogens is 1. The lowest BCUT2D eigenvalue weighted by Gasteiger charge is -2.10. The minimum atomic E-state index is -0.705.